The van der Waals surface area contributed by atoms with Gasteiger partial charge in [0.05, 0.1) is 0 Å². The summed E-state index contributed by atoms with van der Waals surface area (Å²) < 4.78 is 5.50. The Bertz CT molecular complexity index is 367. The maximum Gasteiger partial charge on any atom is 0.159 e. The van der Waals surface area contributed by atoms with Crippen molar-refractivity contribution in [3.63, 3.8) is 0 Å². The Kier molecular flexibility index (Phi) is 4.10. The lowest BCUT2D eigenvalue weighted by atomic mass is 10.1. The maximum absolute atomic E-state index is 11.1. The summed E-state index contributed by atoms with van der Waals surface area (Å²) in [5.41, 5.74) is 1.72. The number of hydrogen-bond acceptors (Lipinski definition) is 2. The van der Waals surface area contributed by atoms with Gasteiger partial charge in [0.15, 0.2) is 5.78 Å². The molecule has 0 fully saturated rings. The second-order valence-electron chi connectivity index (χ2n) is 3.48. The van der Waals surface area contributed by atoms with E-state index in [2.05, 4.69) is 6.58 Å². The van der Waals surface area contributed by atoms with Crippen LogP contribution in [0.3, 0.4) is 0 Å². The molecule has 0 unspecified atom stereocenters. The Labute approximate surface area is 90.6 Å². The molecule has 0 aliphatic carbocycles. The van der Waals surface area contributed by atoms with Crippen molar-refractivity contribution in [1.29, 1.82) is 0 Å². The molecule has 0 saturated heterocycles. The molecule has 0 atom stereocenters. The van der Waals surface area contributed by atoms with Gasteiger partial charge in [0, 0.05) is 5.56 Å². The Morgan fingerprint density at radius 1 is 1.47 bits per heavy atom. The first kappa shape index (κ1) is 11.5. The van der Waals surface area contributed by atoms with Crippen LogP contribution in [0.5, 0.6) is 5.75 Å². The number of ether oxygens (including phenoxy) is 1. The van der Waals surface area contributed by atoms with Gasteiger partial charge in [-0.25, -0.2) is 0 Å². The molecule has 0 bridgehead atoms. The van der Waals surface area contributed by atoms with E-state index in [4.69, 9.17) is 4.74 Å². The molecule has 1 aromatic rings. The van der Waals surface area contributed by atoms with Crippen LogP contribution >= 0.6 is 0 Å². The highest BCUT2D eigenvalue weighted by atomic mass is 16.5. The molecule has 80 valence electrons. The van der Waals surface area contributed by atoms with Crippen LogP contribution in [-0.4, -0.2) is 12.4 Å². The van der Waals surface area contributed by atoms with Gasteiger partial charge < -0.3 is 4.74 Å². The lowest BCUT2D eigenvalue weighted by molar-refractivity contribution is 0.101. The van der Waals surface area contributed by atoms with Crippen LogP contribution in [0.2, 0.25) is 0 Å². The van der Waals surface area contributed by atoms with Gasteiger partial charge in [-0.15, -0.1) is 0 Å². The van der Waals surface area contributed by atoms with Crippen LogP contribution in [0.4, 0.5) is 0 Å². The smallest absolute Gasteiger partial charge is 0.159 e. The van der Waals surface area contributed by atoms with Crippen molar-refractivity contribution in [3.05, 3.63) is 42.0 Å². The highest BCUT2D eigenvalue weighted by molar-refractivity contribution is 5.94. The number of Topliss-reactive ketones (excluding diaryl/α,β-unsaturated/α-hetero) is 1. The second kappa shape index (κ2) is 5.35. The Balaban J connectivity index is 2.66. The summed E-state index contributed by atoms with van der Waals surface area (Å²) in [5, 5.41) is 0. The zero-order chi connectivity index (χ0) is 11.3. The summed E-state index contributed by atoms with van der Waals surface area (Å²) in [6.45, 7) is 7.95. The van der Waals surface area contributed by atoms with Gasteiger partial charge in [0.1, 0.15) is 12.4 Å². The fourth-order valence-electron chi connectivity index (χ4n) is 1.09. The molecule has 2 nitrogen and oxygen atoms in total. The van der Waals surface area contributed by atoms with E-state index >= 15 is 0 Å². The standard InChI is InChI=1S/C13H16O2/c1-4-10(2)9-15-13-7-5-6-12(8-13)11(3)14/h5-8H,2,4,9H2,1,3H3. The lowest BCUT2D eigenvalue weighted by Gasteiger charge is -2.07. The van der Waals surface area contributed by atoms with E-state index in [1.165, 1.54) is 0 Å². The Morgan fingerprint density at radius 2 is 2.20 bits per heavy atom. The number of hydrogen-bond donors (Lipinski definition) is 0. The fraction of sp³-hybridized carbons (Fsp3) is 0.308. The van der Waals surface area contributed by atoms with Crippen LogP contribution in [0.1, 0.15) is 30.6 Å². The number of carbonyl (C=O) groups excluding carboxylic acids is 1. The SMILES string of the molecule is C=C(CC)COc1cccc(C(C)=O)c1. The molecule has 0 saturated carbocycles. The van der Waals surface area contributed by atoms with E-state index in [9.17, 15) is 4.79 Å². The highest BCUT2D eigenvalue weighted by Crippen LogP contribution is 2.14. The first-order valence-electron chi connectivity index (χ1n) is 5.04. The van der Waals surface area contributed by atoms with Gasteiger partial charge >= 0.3 is 0 Å². The van der Waals surface area contributed by atoms with Crippen molar-refractivity contribution in [1.82, 2.24) is 0 Å². The van der Waals surface area contributed by atoms with E-state index in [1.807, 2.05) is 19.1 Å². The van der Waals surface area contributed by atoms with Gasteiger partial charge in [-0.1, -0.05) is 25.6 Å². The van der Waals surface area contributed by atoms with Crippen LogP contribution in [0.15, 0.2) is 36.4 Å². The summed E-state index contributed by atoms with van der Waals surface area (Å²) in [4.78, 5) is 11.1. The van der Waals surface area contributed by atoms with Crippen molar-refractivity contribution in [2.75, 3.05) is 6.61 Å². The van der Waals surface area contributed by atoms with Crippen LogP contribution in [0, 0.1) is 0 Å². The molecule has 1 aromatic carbocycles. The highest BCUT2D eigenvalue weighted by Gasteiger charge is 2.01. The van der Waals surface area contributed by atoms with Crippen molar-refractivity contribution in [2.24, 2.45) is 0 Å². The van der Waals surface area contributed by atoms with Gasteiger partial charge in [-0.2, -0.15) is 0 Å². The van der Waals surface area contributed by atoms with Crippen molar-refractivity contribution >= 4 is 5.78 Å². The minimum atomic E-state index is 0.0507. The van der Waals surface area contributed by atoms with Crippen LogP contribution < -0.4 is 4.74 Å². The number of benzene rings is 1. The topological polar surface area (TPSA) is 26.3 Å². The summed E-state index contributed by atoms with van der Waals surface area (Å²) in [6, 6.07) is 7.20. The summed E-state index contributed by atoms with van der Waals surface area (Å²) in [5.74, 6) is 0.770. The normalized spacial score (nSPS) is 9.73. The van der Waals surface area contributed by atoms with Crippen LogP contribution in [-0.2, 0) is 0 Å². The first-order chi connectivity index (χ1) is 7.13. The van der Waals surface area contributed by atoms with Gasteiger partial charge in [-0.3, -0.25) is 4.79 Å². The van der Waals surface area contributed by atoms with Crippen molar-refractivity contribution < 1.29 is 9.53 Å². The average Bonchev–Trinajstić information content (AvgIpc) is 2.26. The van der Waals surface area contributed by atoms with E-state index in [0.29, 0.717) is 12.2 Å². The molecule has 0 radical (unpaired) electrons. The summed E-state index contributed by atoms with van der Waals surface area (Å²) >= 11 is 0. The molecule has 0 spiro atoms. The average molecular weight is 204 g/mol. The van der Waals surface area contributed by atoms with Crippen molar-refractivity contribution in [2.45, 2.75) is 20.3 Å². The van der Waals surface area contributed by atoms with Crippen molar-refractivity contribution in [3.8, 4) is 5.75 Å². The Hall–Kier alpha value is -1.57. The lowest BCUT2D eigenvalue weighted by Crippen LogP contribution is -2.00. The van der Waals surface area contributed by atoms with Crippen LogP contribution in [0.25, 0.3) is 0 Å². The number of rotatable bonds is 5. The molecule has 2 heteroatoms. The van der Waals surface area contributed by atoms with E-state index < -0.39 is 0 Å². The third-order valence-electron chi connectivity index (χ3n) is 2.18. The molecule has 15 heavy (non-hydrogen) atoms. The van der Waals surface area contributed by atoms with Gasteiger partial charge in [0.2, 0.25) is 0 Å². The largest absolute Gasteiger partial charge is 0.489 e. The number of ketones is 1. The van der Waals surface area contributed by atoms with Gasteiger partial charge in [0.25, 0.3) is 0 Å². The molecule has 0 amide bonds. The predicted molar refractivity (Wildman–Crippen MR) is 61.4 cm³/mol. The maximum atomic E-state index is 11.1. The summed E-state index contributed by atoms with van der Waals surface area (Å²) in [6.07, 6.45) is 0.909. The molecular formula is C13H16O2. The predicted octanol–water partition coefficient (Wildman–Crippen LogP) is 3.23. The molecule has 0 heterocycles. The van der Waals surface area contributed by atoms with E-state index in [-0.39, 0.29) is 5.78 Å². The quantitative estimate of drug-likeness (QED) is 0.543. The molecule has 0 aromatic heterocycles. The third kappa shape index (κ3) is 3.58. The van der Waals surface area contributed by atoms with E-state index in [1.54, 1.807) is 19.1 Å². The monoisotopic (exact) mass is 204 g/mol. The Morgan fingerprint density at radius 3 is 2.80 bits per heavy atom. The first-order valence-corrected chi connectivity index (χ1v) is 5.04. The fourth-order valence-corrected chi connectivity index (χ4v) is 1.09. The number of carbonyl (C=O) groups is 1. The second-order valence-corrected chi connectivity index (χ2v) is 3.48. The van der Waals surface area contributed by atoms with E-state index in [0.717, 1.165) is 17.7 Å². The molecule has 0 aliphatic heterocycles. The molecular weight excluding hydrogens is 188 g/mol. The molecule has 0 N–H and O–H groups in total. The molecule has 0 aliphatic rings. The molecule has 1 rings (SSSR count). The van der Waals surface area contributed by atoms with Gasteiger partial charge in [-0.05, 0) is 31.1 Å². The minimum absolute atomic E-state index is 0.0507. The zero-order valence-electron chi connectivity index (χ0n) is 9.25. The third-order valence-corrected chi connectivity index (χ3v) is 2.18. The minimum Gasteiger partial charge on any atom is -0.489 e. The zero-order valence-corrected chi connectivity index (χ0v) is 9.25. The summed E-state index contributed by atoms with van der Waals surface area (Å²) in [7, 11) is 0.